The van der Waals surface area contributed by atoms with E-state index in [2.05, 4.69) is 52.9 Å². The minimum atomic E-state index is -1.60. The average molecular weight is 530 g/mol. The first-order valence-electron chi connectivity index (χ1n) is 13.6. The molecule has 1 saturated carbocycles. The number of rotatable bonds is 6. The van der Waals surface area contributed by atoms with Crippen molar-refractivity contribution >= 4 is 35.2 Å². The molecule has 3 aromatic heterocycles. The lowest BCUT2D eigenvalue weighted by atomic mass is 9.77. The molecule has 5 rings (SSSR count). The molecule has 3 heterocycles. The first kappa shape index (κ1) is 28.0. The van der Waals surface area contributed by atoms with Gasteiger partial charge in [-0.05, 0) is 89.9 Å². The van der Waals surface area contributed by atoms with Crippen LogP contribution in [0.25, 0.3) is 35.0 Å². The fourth-order valence-electron chi connectivity index (χ4n) is 5.43. The van der Waals surface area contributed by atoms with Crippen molar-refractivity contribution in [3.63, 3.8) is 0 Å². The number of nitrogens with zero attached hydrogens (tertiary/aromatic N) is 3. The number of thiophene rings is 1. The van der Waals surface area contributed by atoms with E-state index in [-0.39, 0.29) is 0 Å². The summed E-state index contributed by atoms with van der Waals surface area (Å²) in [6.07, 6.45) is 12.6. The summed E-state index contributed by atoms with van der Waals surface area (Å²) in [6, 6.07) is 10.3. The van der Waals surface area contributed by atoms with Gasteiger partial charge >= 0.3 is 0 Å². The van der Waals surface area contributed by atoms with Crippen molar-refractivity contribution < 1.29 is 10.2 Å². The van der Waals surface area contributed by atoms with Crippen LogP contribution in [0.5, 0.6) is 0 Å². The average Bonchev–Trinajstić information content (AvgIpc) is 3.59. The first-order valence-corrected chi connectivity index (χ1v) is 14.5. The van der Waals surface area contributed by atoms with Crippen molar-refractivity contribution in [3.05, 3.63) is 81.3 Å². The van der Waals surface area contributed by atoms with Gasteiger partial charge in [0.15, 0.2) is 11.4 Å². The number of benzene rings is 1. The molecule has 0 saturated heterocycles. The third-order valence-electron chi connectivity index (χ3n) is 7.25. The van der Waals surface area contributed by atoms with Crippen LogP contribution in [0.15, 0.2) is 59.6 Å². The molecule has 0 bridgehead atoms. The lowest BCUT2D eigenvalue weighted by molar-refractivity contribution is -0.159. The van der Waals surface area contributed by atoms with Crippen LogP contribution < -0.4 is 10.4 Å². The minimum Gasteiger partial charge on any atom is -0.366 e. The third kappa shape index (κ3) is 6.32. The van der Waals surface area contributed by atoms with E-state index in [0.717, 1.165) is 64.2 Å². The molecule has 0 unspecified atom stereocenters. The van der Waals surface area contributed by atoms with Gasteiger partial charge in [0.05, 0.1) is 11.9 Å². The molecular weight excluding hydrogens is 490 g/mol. The van der Waals surface area contributed by atoms with Crippen LogP contribution in [0.4, 0.5) is 0 Å². The Kier molecular flexibility index (Phi) is 8.98. The maximum absolute atomic E-state index is 9.87. The van der Waals surface area contributed by atoms with Crippen LogP contribution >= 0.6 is 11.3 Å². The van der Waals surface area contributed by atoms with Crippen LogP contribution in [0, 0.1) is 5.92 Å². The summed E-state index contributed by atoms with van der Waals surface area (Å²) in [7, 11) is 0. The van der Waals surface area contributed by atoms with Crippen LogP contribution in [0.3, 0.4) is 0 Å². The molecule has 4 aromatic rings. The van der Waals surface area contributed by atoms with Crippen molar-refractivity contribution in [2.75, 3.05) is 0 Å². The minimum absolute atomic E-state index is 0.325. The van der Waals surface area contributed by atoms with E-state index in [1.165, 1.54) is 12.5 Å². The van der Waals surface area contributed by atoms with Gasteiger partial charge in [0.1, 0.15) is 0 Å². The standard InChI is InChI=1S/C30H33N3O2S.C2H6/c1-4-22(15-24-8-6-5-7-20(24)2)26-17-31-33-18-27(25-13-14-36-19-25)28(32-29(26)33)23-11-9-21(10-12-23)16-30(3,34)35;1-2/h4-8,13-15,17-19,21,23,34-35H,2,9-12,16H2,1,3H3;1-2H3/b22-4+,24-15-;. The second-order valence-corrected chi connectivity index (χ2v) is 10.9. The molecule has 0 atom stereocenters. The number of hydrogen-bond donors (Lipinski definition) is 2. The molecule has 6 heteroatoms. The quantitative estimate of drug-likeness (QED) is 0.294. The molecule has 1 aliphatic carbocycles. The first-order chi connectivity index (χ1) is 18.3. The Labute approximate surface area is 229 Å². The smallest absolute Gasteiger partial charge is 0.163 e. The van der Waals surface area contributed by atoms with Crippen LogP contribution in [-0.4, -0.2) is 30.6 Å². The van der Waals surface area contributed by atoms with Crippen molar-refractivity contribution in [1.29, 1.82) is 0 Å². The van der Waals surface area contributed by atoms with Gasteiger partial charge in [-0.1, -0.05) is 50.8 Å². The van der Waals surface area contributed by atoms with Gasteiger partial charge in [0.2, 0.25) is 0 Å². The predicted molar refractivity (Wildman–Crippen MR) is 159 cm³/mol. The summed E-state index contributed by atoms with van der Waals surface area (Å²) >= 11 is 1.69. The molecule has 0 amide bonds. The molecule has 0 radical (unpaired) electrons. The van der Waals surface area contributed by atoms with Gasteiger partial charge < -0.3 is 10.2 Å². The van der Waals surface area contributed by atoms with Crippen LogP contribution in [0.1, 0.15) is 77.0 Å². The Balaban J connectivity index is 0.00000164. The summed E-state index contributed by atoms with van der Waals surface area (Å²) < 4.78 is 1.90. The van der Waals surface area contributed by atoms with E-state index >= 15 is 0 Å². The highest BCUT2D eigenvalue weighted by Gasteiger charge is 2.30. The Bertz CT molecular complexity index is 1490. The number of hydrogen-bond acceptors (Lipinski definition) is 5. The lowest BCUT2D eigenvalue weighted by Gasteiger charge is -2.31. The van der Waals surface area contributed by atoms with Gasteiger partial charge in [-0.25, -0.2) is 9.50 Å². The Morgan fingerprint density at radius 1 is 1.16 bits per heavy atom. The molecule has 5 nitrogen and oxygen atoms in total. The fraction of sp³-hybridized carbons (Fsp3) is 0.375. The van der Waals surface area contributed by atoms with Gasteiger partial charge in [-0.15, -0.1) is 0 Å². The van der Waals surface area contributed by atoms with Crippen LogP contribution in [0.2, 0.25) is 0 Å². The largest absolute Gasteiger partial charge is 0.366 e. The van der Waals surface area contributed by atoms with Crippen molar-refractivity contribution in [1.82, 2.24) is 14.6 Å². The van der Waals surface area contributed by atoms with Crippen molar-refractivity contribution in [3.8, 4) is 11.1 Å². The highest BCUT2D eigenvalue weighted by Crippen LogP contribution is 2.41. The number of aromatic nitrogens is 3. The molecule has 0 aliphatic heterocycles. The van der Waals surface area contributed by atoms with Crippen molar-refractivity contribution in [2.24, 2.45) is 5.92 Å². The normalized spacial score (nSPS) is 18.9. The Morgan fingerprint density at radius 3 is 2.53 bits per heavy atom. The molecule has 1 aromatic carbocycles. The second-order valence-electron chi connectivity index (χ2n) is 10.1. The highest BCUT2D eigenvalue weighted by atomic mass is 32.1. The van der Waals surface area contributed by atoms with Gasteiger partial charge in [0.25, 0.3) is 0 Å². The van der Waals surface area contributed by atoms with E-state index in [0.29, 0.717) is 18.3 Å². The summed E-state index contributed by atoms with van der Waals surface area (Å²) in [6.45, 7) is 11.7. The lowest BCUT2D eigenvalue weighted by Crippen LogP contribution is -2.28. The second kappa shape index (κ2) is 12.2. The monoisotopic (exact) mass is 529 g/mol. The number of allylic oxidation sites excluding steroid dienone is 2. The predicted octanol–water partition coefficient (Wildman–Crippen LogP) is 6.14. The molecule has 0 spiro atoms. The van der Waals surface area contributed by atoms with Crippen LogP contribution in [-0.2, 0) is 0 Å². The molecular formula is C32H39N3O2S. The van der Waals surface area contributed by atoms with Gasteiger partial charge in [-0.2, -0.15) is 16.4 Å². The Hall–Kier alpha value is -3.06. The molecule has 38 heavy (non-hydrogen) atoms. The summed E-state index contributed by atoms with van der Waals surface area (Å²) in [5.74, 6) is -0.951. The van der Waals surface area contributed by atoms with Gasteiger partial charge in [-0.3, -0.25) is 0 Å². The Morgan fingerprint density at radius 2 is 1.89 bits per heavy atom. The molecule has 1 fully saturated rings. The molecule has 2 N–H and O–H groups in total. The number of aliphatic hydroxyl groups is 2. The SMILES string of the molecule is C=c1cccc/c1=C/C(=C\C)c1cnn2cc(-c3ccsc3)c(C3CCC(CC(C)(O)O)CC3)nc12.CC. The summed E-state index contributed by atoms with van der Waals surface area (Å²) in [4.78, 5) is 5.28. The van der Waals surface area contributed by atoms with E-state index in [1.54, 1.807) is 11.3 Å². The topological polar surface area (TPSA) is 70.7 Å². The maximum atomic E-state index is 9.87. The molecule has 200 valence electrons. The molecule has 1 aliphatic rings. The summed E-state index contributed by atoms with van der Waals surface area (Å²) in [5, 5.41) is 30.8. The zero-order valence-corrected chi connectivity index (χ0v) is 23.7. The maximum Gasteiger partial charge on any atom is 0.163 e. The van der Waals surface area contributed by atoms with E-state index < -0.39 is 5.79 Å². The summed E-state index contributed by atoms with van der Waals surface area (Å²) in [5.41, 5.74) is 6.34. The van der Waals surface area contributed by atoms with E-state index in [9.17, 15) is 10.2 Å². The van der Waals surface area contributed by atoms with Gasteiger partial charge in [0, 0.05) is 29.7 Å². The number of fused-ring (bicyclic) bond motifs is 1. The fourth-order valence-corrected chi connectivity index (χ4v) is 6.08. The highest BCUT2D eigenvalue weighted by molar-refractivity contribution is 7.08. The van der Waals surface area contributed by atoms with Crippen molar-refractivity contribution in [2.45, 2.75) is 71.5 Å². The zero-order chi connectivity index (χ0) is 27.3. The third-order valence-corrected chi connectivity index (χ3v) is 7.94. The van der Waals surface area contributed by atoms with E-state index in [1.807, 2.05) is 49.7 Å². The zero-order valence-electron chi connectivity index (χ0n) is 22.9. The van der Waals surface area contributed by atoms with E-state index in [4.69, 9.17) is 4.98 Å².